The van der Waals surface area contributed by atoms with Crippen LogP contribution in [0.4, 0.5) is 5.69 Å². The highest BCUT2D eigenvalue weighted by molar-refractivity contribution is 6.01. The van der Waals surface area contributed by atoms with E-state index in [1.54, 1.807) is 24.3 Å². The number of benzene rings is 3. The zero-order chi connectivity index (χ0) is 21.8. The van der Waals surface area contributed by atoms with Crippen molar-refractivity contribution >= 4 is 23.6 Å². The number of rotatable bonds is 5. The van der Waals surface area contributed by atoms with Crippen molar-refractivity contribution in [1.82, 2.24) is 0 Å². The lowest BCUT2D eigenvalue weighted by atomic mass is 10.1. The number of allylic oxidation sites excluding steroid dienone is 1. The summed E-state index contributed by atoms with van der Waals surface area (Å²) in [6.45, 7) is 4.23. The molecule has 4 nitrogen and oxygen atoms in total. The Bertz CT molecular complexity index is 1140. The first-order valence-electron chi connectivity index (χ1n) is 10.4. The number of hydrogen-bond acceptors (Lipinski definition) is 4. The summed E-state index contributed by atoms with van der Waals surface area (Å²) in [5.74, 6) is 0.524. The van der Waals surface area contributed by atoms with E-state index in [4.69, 9.17) is 5.10 Å². The average Bonchev–Trinajstić information content (AvgIpc) is 3.18. The molecule has 0 fully saturated rings. The fourth-order valence-electron chi connectivity index (χ4n) is 3.51. The van der Waals surface area contributed by atoms with Gasteiger partial charge in [-0.05, 0) is 78.6 Å². The van der Waals surface area contributed by atoms with Gasteiger partial charge in [0, 0.05) is 6.42 Å². The summed E-state index contributed by atoms with van der Waals surface area (Å²) in [5.41, 5.74) is 6.60. The molecule has 156 valence electrons. The van der Waals surface area contributed by atoms with Gasteiger partial charge in [-0.3, -0.25) is 5.01 Å². The predicted molar refractivity (Wildman–Crippen MR) is 129 cm³/mol. The number of hydrogen-bond donors (Lipinski definition) is 2. The van der Waals surface area contributed by atoms with Crippen LogP contribution >= 0.6 is 0 Å². The fraction of sp³-hybridized carbons (Fsp3) is 0.148. The quantitative estimate of drug-likeness (QED) is 0.536. The van der Waals surface area contributed by atoms with Crippen molar-refractivity contribution in [1.29, 1.82) is 0 Å². The molecule has 0 radical (unpaired) electrons. The van der Waals surface area contributed by atoms with Gasteiger partial charge in [0.05, 0.1) is 17.4 Å². The van der Waals surface area contributed by atoms with Gasteiger partial charge < -0.3 is 10.2 Å². The molecule has 0 bridgehead atoms. The van der Waals surface area contributed by atoms with Gasteiger partial charge in [-0.1, -0.05) is 48.6 Å². The van der Waals surface area contributed by atoms with E-state index in [1.165, 1.54) is 11.1 Å². The number of hydrazone groups is 1. The highest BCUT2D eigenvalue weighted by atomic mass is 16.3. The summed E-state index contributed by atoms with van der Waals surface area (Å²) >= 11 is 0. The van der Waals surface area contributed by atoms with Gasteiger partial charge in [0.2, 0.25) is 0 Å². The molecule has 4 rings (SSSR count). The van der Waals surface area contributed by atoms with E-state index in [9.17, 15) is 10.2 Å². The van der Waals surface area contributed by atoms with Gasteiger partial charge in [0.15, 0.2) is 0 Å². The Morgan fingerprint density at radius 2 is 1.39 bits per heavy atom. The molecule has 1 atom stereocenters. The summed E-state index contributed by atoms with van der Waals surface area (Å²) in [6.07, 6.45) is 9.07. The van der Waals surface area contributed by atoms with Crippen LogP contribution in [0.5, 0.6) is 11.5 Å². The van der Waals surface area contributed by atoms with Crippen LogP contribution in [0.25, 0.3) is 12.2 Å². The van der Waals surface area contributed by atoms with E-state index < -0.39 is 0 Å². The number of phenolic OH excluding ortho intramolecular Hbond substituents is 2. The third-order valence-electron chi connectivity index (χ3n) is 5.49. The third-order valence-corrected chi connectivity index (χ3v) is 5.49. The molecule has 3 aromatic rings. The van der Waals surface area contributed by atoms with Crippen molar-refractivity contribution in [2.45, 2.75) is 26.3 Å². The van der Waals surface area contributed by atoms with Crippen LogP contribution < -0.4 is 5.01 Å². The number of phenols is 2. The maximum atomic E-state index is 9.51. The second kappa shape index (κ2) is 8.92. The minimum Gasteiger partial charge on any atom is -0.508 e. The second-order valence-corrected chi connectivity index (χ2v) is 7.85. The first kappa shape index (κ1) is 20.5. The van der Waals surface area contributed by atoms with Crippen LogP contribution in [-0.2, 0) is 0 Å². The Labute approximate surface area is 183 Å². The molecular weight excluding hydrogens is 384 g/mol. The third kappa shape index (κ3) is 5.04. The summed E-state index contributed by atoms with van der Waals surface area (Å²) in [7, 11) is 0. The van der Waals surface area contributed by atoms with Crippen molar-refractivity contribution in [2.75, 3.05) is 5.01 Å². The van der Waals surface area contributed by atoms with Crippen LogP contribution in [-0.4, -0.2) is 22.0 Å². The normalized spacial score (nSPS) is 16.4. The molecule has 31 heavy (non-hydrogen) atoms. The fourth-order valence-corrected chi connectivity index (χ4v) is 3.51. The van der Waals surface area contributed by atoms with Gasteiger partial charge >= 0.3 is 0 Å². The molecule has 0 aliphatic carbocycles. The molecule has 2 N–H and O–H groups in total. The Balaban J connectivity index is 1.60. The minimum atomic E-state index is 0.0929. The van der Waals surface area contributed by atoms with E-state index >= 15 is 0 Å². The SMILES string of the molecule is Cc1ccc(N2N=C(/C=C/c3ccc(O)cc3)CC2/C=C/c2ccc(O)cc2)cc1C. The van der Waals surface area contributed by atoms with Crippen molar-refractivity contribution in [3.63, 3.8) is 0 Å². The first-order chi connectivity index (χ1) is 15.0. The lowest BCUT2D eigenvalue weighted by molar-refractivity contribution is 0.474. The van der Waals surface area contributed by atoms with Gasteiger partial charge in [0.1, 0.15) is 11.5 Å². The molecular formula is C27H26N2O2. The monoisotopic (exact) mass is 410 g/mol. The standard InChI is InChI=1S/C27H26N2O2/c1-19-3-11-24(17-20(19)2)29-25(12-5-22-8-15-27(31)16-9-22)18-23(28-29)10-4-21-6-13-26(30)14-7-21/h3-17,25,30-31H,18H2,1-2H3/b10-4+,12-5+. The molecule has 1 aliphatic rings. The first-order valence-corrected chi connectivity index (χ1v) is 10.4. The second-order valence-electron chi connectivity index (χ2n) is 7.85. The van der Waals surface area contributed by atoms with E-state index in [-0.39, 0.29) is 17.5 Å². The maximum Gasteiger partial charge on any atom is 0.115 e. The predicted octanol–water partition coefficient (Wildman–Crippen LogP) is 6.08. The Morgan fingerprint density at radius 1 is 0.774 bits per heavy atom. The smallest absolute Gasteiger partial charge is 0.115 e. The Kier molecular flexibility index (Phi) is 5.89. The highest BCUT2D eigenvalue weighted by Crippen LogP contribution is 2.28. The summed E-state index contributed by atoms with van der Waals surface area (Å²) < 4.78 is 0. The van der Waals surface area contributed by atoms with Crippen molar-refractivity contribution in [2.24, 2.45) is 5.10 Å². The molecule has 1 aliphatic heterocycles. The number of aromatic hydroxyl groups is 2. The van der Waals surface area contributed by atoms with E-state index in [0.29, 0.717) is 0 Å². The molecule has 1 unspecified atom stereocenters. The van der Waals surface area contributed by atoms with E-state index in [1.807, 2.05) is 36.4 Å². The van der Waals surface area contributed by atoms with Crippen LogP contribution in [0, 0.1) is 13.8 Å². The molecule has 4 heteroatoms. The van der Waals surface area contributed by atoms with Crippen molar-refractivity contribution in [3.8, 4) is 11.5 Å². The van der Waals surface area contributed by atoms with Gasteiger partial charge in [-0.2, -0.15) is 5.10 Å². The van der Waals surface area contributed by atoms with E-state index in [2.05, 4.69) is 49.2 Å². The maximum absolute atomic E-state index is 9.51. The van der Waals surface area contributed by atoms with Crippen LogP contribution in [0.1, 0.15) is 28.7 Å². The largest absolute Gasteiger partial charge is 0.508 e. The Morgan fingerprint density at radius 3 is 2.00 bits per heavy atom. The number of anilines is 1. The molecule has 0 saturated carbocycles. The summed E-state index contributed by atoms with van der Waals surface area (Å²) in [5, 5.41) is 25.9. The molecule has 0 saturated heterocycles. The van der Waals surface area contributed by atoms with Gasteiger partial charge in [0.25, 0.3) is 0 Å². The molecule has 0 spiro atoms. The molecule has 0 amide bonds. The van der Waals surface area contributed by atoms with Crippen LogP contribution in [0.15, 0.2) is 84.0 Å². The topological polar surface area (TPSA) is 56.1 Å². The van der Waals surface area contributed by atoms with E-state index in [0.717, 1.165) is 28.9 Å². The van der Waals surface area contributed by atoms with Gasteiger partial charge in [-0.15, -0.1) is 0 Å². The van der Waals surface area contributed by atoms with Crippen LogP contribution in [0.2, 0.25) is 0 Å². The lowest BCUT2D eigenvalue weighted by Crippen LogP contribution is -2.24. The molecule has 0 aromatic heterocycles. The Hall–Kier alpha value is -3.79. The molecule has 3 aromatic carbocycles. The summed E-state index contributed by atoms with van der Waals surface area (Å²) in [6, 6.07) is 20.8. The van der Waals surface area contributed by atoms with Crippen molar-refractivity contribution in [3.05, 3.63) is 101 Å². The van der Waals surface area contributed by atoms with Crippen molar-refractivity contribution < 1.29 is 10.2 Å². The number of aryl methyl sites for hydroxylation is 2. The molecule has 1 heterocycles. The average molecular weight is 411 g/mol. The highest BCUT2D eigenvalue weighted by Gasteiger charge is 2.24. The zero-order valence-electron chi connectivity index (χ0n) is 17.7. The number of nitrogens with zero attached hydrogens (tertiary/aromatic N) is 2. The zero-order valence-corrected chi connectivity index (χ0v) is 17.7. The minimum absolute atomic E-state index is 0.0929. The van der Waals surface area contributed by atoms with Crippen LogP contribution in [0.3, 0.4) is 0 Å². The summed E-state index contributed by atoms with van der Waals surface area (Å²) in [4.78, 5) is 0. The van der Waals surface area contributed by atoms with Gasteiger partial charge in [-0.25, -0.2) is 0 Å². The lowest BCUT2D eigenvalue weighted by Gasteiger charge is -2.22.